The standard InChI is InChI=1S/C18H21NO2/c1-3-13(2)15-9-10-17(20)16(12-15)19-18(21)11-14-7-5-4-6-8-14/h4-10,12-13,20H,3,11H2,1-2H3,(H,19,21)/t13-/m1/s1. The number of carbonyl (C=O) groups excluding carboxylic acids is 1. The molecule has 3 heteroatoms. The van der Waals surface area contributed by atoms with Crippen LogP contribution in [0.3, 0.4) is 0 Å². The van der Waals surface area contributed by atoms with Crippen LogP contribution in [-0.4, -0.2) is 11.0 Å². The Morgan fingerprint density at radius 3 is 2.57 bits per heavy atom. The molecule has 0 aliphatic carbocycles. The Balaban J connectivity index is 2.09. The molecule has 3 nitrogen and oxygen atoms in total. The van der Waals surface area contributed by atoms with Crippen molar-refractivity contribution in [2.75, 3.05) is 5.32 Å². The molecule has 1 amide bonds. The van der Waals surface area contributed by atoms with Gasteiger partial charge in [0.05, 0.1) is 12.1 Å². The fourth-order valence-electron chi connectivity index (χ4n) is 2.17. The Morgan fingerprint density at radius 1 is 1.19 bits per heavy atom. The van der Waals surface area contributed by atoms with Crippen LogP contribution in [0, 0.1) is 0 Å². The van der Waals surface area contributed by atoms with Crippen molar-refractivity contribution in [3.05, 3.63) is 59.7 Å². The van der Waals surface area contributed by atoms with E-state index in [-0.39, 0.29) is 11.7 Å². The predicted molar refractivity (Wildman–Crippen MR) is 85.6 cm³/mol. The van der Waals surface area contributed by atoms with Gasteiger partial charge < -0.3 is 10.4 Å². The van der Waals surface area contributed by atoms with Crippen molar-refractivity contribution in [3.8, 4) is 5.75 Å². The minimum Gasteiger partial charge on any atom is -0.506 e. The average molecular weight is 283 g/mol. The third-order valence-electron chi connectivity index (χ3n) is 3.68. The van der Waals surface area contributed by atoms with Gasteiger partial charge in [0.2, 0.25) is 5.91 Å². The Morgan fingerprint density at radius 2 is 1.90 bits per heavy atom. The summed E-state index contributed by atoms with van der Waals surface area (Å²) in [7, 11) is 0. The molecule has 2 aromatic carbocycles. The number of nitrogens with one attached hydrogen (secondary N) is 1. The zero-order chi connectivity index (χ0) is 15.2. The molecule has 0 aliphatic rings. The lowest BCUT2D eigenvalue weighted by molar-refractivity contribution is -0.115. The highest BCUT2D eigenvalue weighted by atomic mass is 16.3. The molecular formula is C18H21NO2. The molecule has 21 heavy (non-hydrogen) atoms. The molecule has 2 aromatic rings. The topological polar surface area (TPSA) is 49.3 Å². The summed E-state index contributed by atoms with van der Waals surface area (Å²) in [6.45, 7) is 4.24. The highest BCUT2D eigenvalue weighted by Gasteiger charge is 2.10. The molecule has 0 aromatic heterocycles. The lowest BCUT2D eigenvalue weighted by Gasteiger charge is -2.13. The molecule has 0 heterocycles. The van der Waals surface area contributed by atoms with Gasteiger partial charge in [-0.25, -0.2) is 0 Å². The van der Waals surface area contributed by atoms with Crippen molar-refractivity contribution >= 4 is 11.6 Å². The number of carbonyl (C=O) groups is 1. The van der Waals surface area contributed by atoms with Crippen molar-refractivity contribution in [2.24, 2.45) is 0 Å². The van der Waals surface area contributed by atoms with Gasteiger partial charge in [0.1, 0.15) is 5.75 Å². The fraction of sp³-hybridized carbons (Fsp3) is 0.278. The van der Waals surface area contributed by atoms with E-state index in [4.69, 9.17) is 0 Å². The third kappa shape index (κ3) is 4.09. The minimum absolute atomic E-state index is 0.100. The van der Waals surface area contributed by atoms with Gasteiger partial charge in [0.15, 0.2) is 0 Å². The van der Waals surface area contributed by atoms with Crippen LogP contribution in [0.2, 0.25) is 0 Å². The second-order valence-corrected chi connectivity index (χ2v) is 5.30. The quantitative estimate of drug-likeness (QED) is 0.812. The third-order valence-corrected chi connectivity index (χ3v) is 3.68. The van der Waals surface area contributed by atoms with Gasteiger partial charge in [-0.1, -0.05) is 50.2 Å². The summed E-state index contributed by atoms with van der Waals surface area (Å²) < 4.78 is 0. The lowest BCUT2D eigenvalue weighted by atomic mass is 9.98. The van der Waals surface area contributed by atoms with E-state index in [0.717, 1.165) is 17.5 Å². The molecule has 2 rings (SSSR count). The fourth-order valence-corrected chi connectivity index (χ4v) is 2.17. The number of rotatable bonds is 5. The Kier molecular flexibility index (Phi) is 4.99. The Hall–Kier alpha value is -2.29. The molecule has 1 atom stereocenters. The first kappa shape index (κ1) is 15.1. The summed E-state index contributed by atoms with van der Waals surface area (Å²) in [4.78, 5) is 12.1. The number of hydrogen-bond donors (Lipinski definition) is 2. The predicted octanol–water partition coefficient (Wildman–Crippen LogP) is 4.09. The maximum atomic E-state index is 12.1. The summed E-state index contributed by atoms with van der Waals surface area (Å²) >= 11 is 0. The van der Waals surface area contributed by atoms with E-state index in [0.29, 0.717) is 18.0 Å². The Labute approximate surface area is 125 Å². The van der Waals surface area contributed by atoms with Gasteiger partial charge in [0, 0.05) is 0 Å². The minimum atomic E-state index is -0.127. The molecule has 0 aliphatic heterocycles. The average Bonchev–Trinajstić information content (AvgIpc) is 2.49. The van der Waals surface area contributed by atoms with Gasteiger partial charge in [-0.3, -0.25) is 4.79 Å². The van der Waals surface area contributed by atoms with E-state index >= 15 is 0 Å². The van der Waals surface area contributed by atoms with Gasteiger partial charge in [0.25, 0.3) is 0 Å². The van der Waals surface area contributed by atoms with E-state index in [2.05, 4.69) is 19.2 Å². The van der Waals surface area contributed by atoms with Crippen LogP contribution in [0.15, 0.2) is 48.5 Å². The van der Waals surface area contributed by atoms with Gasteiger partial charge in [-0.15, -0.1) is 0 Å². The molecule has 0 saturated carbocycles. The number of benzene rings is 2. The van der Waals surface area contributed by atoms with E-state index in [1.54, 1.807) is 6.07 Å². The number of hydrogen-bond acceptors (Lipinski definition) is 2. The first-order valence-electron chi connectivity index (χ1n) is 7.26. The SMILES string of the molecule is CC[C@@H](C)c1ccc(O)c(NC(=O)Cc2ccccc2)c1. The zero-order valence-corrected chi connectivity index (χ0v) is 12.5. The number of amides is 1. The summed E-state index contributed by atoms with van der Waals surface area (Å²) in [5, 5.41) is 12.7. The molecule has 110 valence electrons. The second-order valence-electron chi connectivity index (χ2n) is 5.30. The molecule has 0 bridgehead atoms. The van der Waals surface area contributed by atoms with E-state index in [1.165, 1.54) is 0 Å². The largest absolute Gasteiger partial charge is 0.506 e. The highest BCUT2D eigenvalue weighted by Crippen LogP contribution is 2.29. The summed E-state index contributed by atoms with van der Waals surface area (Å²) in [5.74, 6) is 0.372. The van der Waals surface area contributed by atoms with Crippen molar-refractivity contribution < 1.29 is 9.90 Å². The van der Waals surface area contributed by atoms with Gasteiger partial charge in [-0.05, 0) is 35.6 Å². The second kappa shape index (κ2) is 6.93. The number of aromatic hydroxyl groups is 1. The maximum absolute atomic E-state index is 12.1. The van der Waals surface area contributed by atoms with Crippen molar-refractivity contribution in [1.82, 2.24) is 0 Å². The smallest absolute Gasteiger partial charge is 0.228 e. The molecule has 0 unspecified atom stereocenters. The van der Waals surface area contributed by atoms with Crippen molar-refractivity contribution in [1.29, 1.82) is 0 Å². The summed E-state index contributed by atoms with van der Waals surface area (Å²) in [6.07, 6.45) is 1.32. The Bertz CT molecular complexity index is 608. The first-order valence-corrected chi connectivity index (χ1v) is 7.26. The van der Waals surface area contributed by atoms with Crippen LogP contribution in [0.5, 0.6) is 5.75 Å². The molecule has 0 radical (unpaired) electrons. The molecular weight excluding hydrogens is 262 g/mol. The number of phenolic OH excluding ortho intramolecular Hbond substituents is 1. The molecule has 0 saturated heterocycles. The van der Waals surface area contributed by atoms with E-state index in [1.807, 2.05) is 42.5 Å². The summed E-state index contributed by atoms with van der Waals surface area (Å²) in [6, 6.07) is 14.9. The normalized spacial score (nSPS) is 11.9. The van der Waals surface area contributed by atoms with Crippen LogP contribution < -0.4 is 5.32 Å². The van der Waals surface area contributed by atoms with Crippen LogP contribution in [0.25, 0.3) is 0 Å². The summed E-state index contributed by atoms with van der Waals surface area (Å²) in [5.41, 5.74) is 2.55. The zero-order valence-electron chi connectivity index (χ0n) is 12.5. The monoisotopic (exact) mass is 283 g/mol. The molecule has 0 fully saturated rings. The highest BCUT2D eigenvalue weighted by molar-refractivity contribution is 5.93. The molecule has 0 spiro atoms. The number of anilines is 1. The van der Waals surface area contributed by atoms with Crippen molar-refractivity contribution in [2.45, 2.75) is 32.6 Å². The van der Waals surface area contributed by atoms with Crippen LogP contribution in [0.1, 0.15) is 37.3 Å². The maximum Gasteiger partial charge on any atom is 0.228 e. The van der Waals surface area contributed by atoms with Gasteiger partial charge >= 0.3 is 0 Å². The van der Waals surface area contributed by atoms with Crippen LogP contribution in [-0.2, 0) is 11.2 Å². The van der Waals surface area contributed by atoms with Crippen molar-refractivity contribution in [3.63, 3.8) is 0 Å². The lowest BCUT2D eigenvalue weighted by Crippen LogP contribution is -2.14. The van der Waals surface area contributed by atoms with E-state index < -0.39 is 0 Å². The van der Waals surface area contributed by atoms with Gasteiger partial charge in [-0.2, -0.15) is 0 Å². The first-order chi connectivity index (χ1) is 10.1. The van der Waals surface area contributed by atoms with E-state index in [9.17, 15) is 9.90 Å². The number of phenols is 1. The van der Waals surface area contributed by atoms with Crippen LogP contribution in [0.4, 0.5) is 5.69 Å². The molecule has 2 N–H and O–H groups in total. The van der Waals surface area contributed by atoms with Crippen LogP contribution >= 0.6 is 0 Å².